The van der Waals surface area contributed by atoms with Crippen molar-refractivity contribution in [3.8, 4) is 0 Å². The molecule has 14 heavy (non-hydrogen) atoms. The Hall–Kier alpha value is -0.120. The Balaban J connectivity index is 1.86. The average molecular weight is 198 g/mol. The van der Waals surface area contributed by atoms with Gasteiger partial charge in [-0.05, 0) is 45.8 Å². The second-order valence-corrected chi connectivity index (χ2v) is 4.85. The van der Waals surface area contributed by atoms with Gasteiger partial charge in [-0.3, -0.25) is 4.90 Å². The van der Waals surface area contributed by atoms with E-state index in [0.29, 0.717) is 6.04 Å². The minimum atomic E-state index is -0.0732. The highest BCUT2D eigenvalue weighted by Gasteiger charge is 2.27. The van der Waals surface area contributed by atoms with Crippen LogP contribution in [0.5, 0.6) is 0 Å². The zero-order valence-corrected chi connectivity index (χ0v) is 9.15. The molecule has 2 aliphatic heterocycles. The van der Waals surface area contributed by atoms with Crippen molar-refractivity contribution in [3.05, 3.63) is 0 Å². The molecule has 0 bridgehead atoms. The third-order valence-electron chi connectivity index (χ3n) is 3.54. The Morgan fingerprint density at radius 2 is 1.86 bits per heavy atom. The van der Waals surface area contributed by atoms with E-state index in [9.17, 15) is 5.11 Å². The lowest BCUT2D eigenvalue weighted by Crippen LogP contribution is -2.51. The van der Waals surface area contributed by atoms with E-state index in [2.05, 4.69) is 16.8 Å². The molecule has 0 amide bonds. The van der Waals surface area contributed by atoms with Crippen LogP contribution in [-0.4, -0.2) is 60.3 Å². The molecule has 0 radical (unpaired) electrons. The summed E-state index contributed by atoms with van der Waals surface area (Å²) in [6, 6.07) is 0.698. The molecule has 2 aliphatic rings. The van der Waals surface area contributed by atoms with Gasteiger partial charge in [0.25, 0.3) is 0 Å². The van der Waals surface area contributed by atoms with Gasteiger partial charge in [0.2, 0.25) is 0 Å². The van der Waals surface area contributed by atoms with E-state index in [0.717, 1.165) is 13.0 Å². The molecule has 82 valence electrons. The standard InChI is InChI=1S/C11H22N2O/c1-12-6-2-4-10(8-12)13-7-3-5-11(14)9-13/h10-11,14H,2-9H2,1H3. The Morgan fingerprint density at radius 1 is 1.07 bits per heavy atom. The quantitative estimate of drug-likeness (QED) is 0.666. The van der Waals surface area contributed by atoms with Gasteiger partial charge in [-0.1, -0.05) is 0 Å². The molecule has 2 fully saturated rings. The van der Waals surface area contributed by atoms with Gasteiger partial charge >= 0.3 is 0 Å². The van der Waals surface area contributed by atoms with Crippen molar-refractivity contribution in [3.63, 3.8) is 0 Å². The Bertz CT molecular complexity index is 166. The Morgan fingerprint density at radius 3 is 2.57 bits per heavy atom. The maximum Gasteiger partial charge on any atom is 0.0667 e. The molecule has 2 saturated heterocycles. The fourth-order valence-corrected chi connectivity index (χ4v) is 2.75. The van der Waals surface area contributed by atoms with Crippen LogP contribution >= 0.6 is 0 Å². The second kappa shape index (κ2) is 4.60. The molecule has 0 saturated carbocycles. The lowest BCUT2D eigenvalue weighted by Gasteiger charge is -2.41. The summed E-state index contributed by atoms with van der Waals surface area (Å²) < 4.78 is 0. The minimum absolute atomic E-state index is 0.0732. The number of piperidine rings is 2. The molecule has 3 heteroatoms. The van der Waals surface area contributed by atoms with Crippen molar-refractivity contribution in [1.29, 1.82) is 0 Å². The summed E-state index contributed by atoms with van der Waals surface area (Å²) in [5.41, 5.74) is 0. The number of aliphatic hydroxyl groups is 1. The lowest BCUT2D eigenvalue weighted by atomic mass is 10.0. The number of aliphatic hydroxyl groups excluding tert-OH is 1. The van der Waals surface area contributed by atoms with Crippen LogP contribution < -0.4 is 0 Å². The number of likely N-dealkylation sites (N-methyl/N-ethyl adjacent to an activating group) is 1. The first-order valence-corrected chi connectivity index (χ1v) is 5.86. The van der Waals surface area contributed by atoms with Gasteiger partial charge in [0, 0.05) is 19.1 Å². The summed E-state index contributed by atoms with van der Waals surface area (Å²) >= 11 is 0. The summed E-state index contributed by atoms with van der Waals surface area (Å²) in [6.45, 7) is 4.52. The van der Waals surface area contributed by atoms with Crippen LogP contribution in [0.1, 0.15) is 25.7 Å². The van der Waals surface area contributed by atoms with Crippen molar-refractivity contribution in [2.75, 3.05) is 33.2 Å². The first-order chi connectivity index (χ1) is 6.75. The summed E-state index contributed by atoms with van der Waals surface area (Å²) in [4.78, 5) is 4.90. The molecule has 1 N–H and O–H groups in total. The monoisotopic (exact) mass is 198 g/mol. The molecular formula is C11H22N2O. The molecule has 0 aromatic heterocycles. The number of nitrogens with zero attached hydrogens (tertiary/aromatic N) is 2. The third kappa shape index (κ3) is 2.47. The summed E-state index contributed by atoms with van der Waals surface area (Å²) in [7, 11) is 2.20. The zero-order valence-electron chi connectivity index (χ0n) is 9.15. The van der Waals surface area contributed by atoms with Crippen LogP contribution in [0, 0.1) is 0 Å². The van der Waals surface area contributed by atoms with E-state index in [4.69, 9.17) is 0 Å². The van der Waals surface area contributed by atoms with Crippen LogP contribution in [0.25, 0.3) is 0 Å². The molecule has 0 aromatic carbocycles. The topological polar surface area (TPSA) is 26.7 Å². The van der Waals surface area contributed by atoms with Crippen LogP contribution in [0.4, 0.5) is 0 Å². The molecule has 2 rings (SSSR count). The smallest absolute Gasteiger partial charge is 0.0667 e. The zero-order chi connectivity index (χ0) is 9.97. The van der Waals surface area contributed by atoms with Crippen molar-refractivity contribution in [1.82, 2.24) is 9.80 Å². The highest BCUT2D eigenvalue weighted by Crippen LogP contribution is 2.19. The SMILES string of the molecule is CN1CCCC(N2CCCC(O)C2)C1. The Kier molecular flexibility index (Phi) is 3.42. The van der Waals surface area contributed by atoms with Gasteiger partial charge < -0.3 is 10.0 Å². The first kappa shape index (κ1) is 10.4. The lowest BCUT2D eigenvalue weighted by molar-refractivity contribution is 0.0249. The number of hydrogen-bond donors (Lipinski definition) is 1. The van der Waals surface area contributed by atoms with E-state index in [1.807, 2.05) is 0 Å². The first-order valence-electron chi connectivity index (χ1n) is 5.86. The summed E-state index contributed by atoms with van der Waals surface area (Å²) in [6.07, 6.45) is 4.72. The van der Waals surface area contributed by atoms with Crippen molar-refractivity contribution < 1.29 is 5.11 Å². The van der Waals surface area contributed by atoms with Crippen molar-refractivity contribution >= 4 is 0 Å². The van der Waals surface area contributed by atoms with Gasteiger partial charge in [-0.15, -0.1) is 0 Å². The van der Waals surface area contributed by atoms with Gasteiger partial charge in [0.15, 0.2) is 0 Å². The number of likely N-dealkylation sites (tertiary alicyclic amines) is 2. The predicted octanol–water partition coefficient (Wildman–Crippen LogP) is 0.537. The molecular weight excluding hydrogens is 176 g/mol. The van der Waals surface area contributed by atoms with Gasteiger partial charge in [0.05, 0.1) is 6.10 Å². The molecule has 3 nitrogen and oxygen atoms in total. The molecule has 2 unspecified atom stereocenters. The van der Waals surface area contributed by atoms with Crippen LogP contribution in [-0.2, 0) is 0 Å². The van der Waals surface area contributed by atoms with Crippen LogP contribution in [0.2, 0.25) is 0 Å². The molecule has 0 aromatic rings. The average Bonchev–Trinajstić information content (AvgIpc) is 2.18. The largest absolute Gasteiger partial charge is 0.392 e. The van der Waals surface area contributed by atoms with Gasteiger partial charge in [-0.25, -0.2) is 0 Å². The summed E-state index contributed by atoms with van der Waals surface area (Å²) in [5, 5.41) is 9.62. The van der Waals surface area contributed by atoms with Crippen molar-refractivity contribution in [2.45, 2.75) is 37.8 Å². The molecule has 2 heterocycles. The maximum atomic E-state index is 9.62. The van der Waals surface area contributed by atoms with E-state index in [1.54, 1.807) is 0 Å². The highest BCUT2D eigenvalue weighted by atomic mass is 16.3. The third-order valence-corrected chi connectivity index (χ3v) is 3.54. The highest BCUT2D eigenvalue weighted by molar-refractivity contribution is 4.83. The van der Waals surface area contributed by atoms with Gasteiger partial charge in [-0.2, -0.15) is 0 Å². The van der Waals surface area contributed by atoms with E-state index < -0.39 is 0 Å². The number of hydrogen-bond acceptors (Lipinski definition) is 3. The fraction of sp³-hybridized carbons (Fsp3) is 1.00. The van der Waals surface area contributed by atoms with E-state index in [-0.39, 0.29) is 6.10 Å². The van der Waals surface area contributed by atoms with Crippen LogP contribution in [0.3, 0.4) is 0 Å². The number of rotatable bonds is 1. The summed E-state index contributed by atoms with van der Waals surface area (Å²) in [5.74, 6) is 0. The molecule has 2 atom stereocenters. The van der Waals surface area contributed by atoms with E-state index >= 15 is 0 Å². The molecule has 0 spiro atoms. The predicted molar refractivity (Wildman–Crippen MR) is 57.3 cm³/mol. The normalized spacial score (nSPS) is 37.3. The maximum absolute atomic E-state index is 9.62. The van der Waals surface area contributed by atoms with Crippen LogP contribution in [0.15, 0.2) is 0 Å². The Labute approximate surface area is 86.7 Å². The fourth-order valence-electron chi connectivity index (χ4n) is 2.75. The van der Waals surface area contributed by atoms with Crippen molar-refractivity contribution in [2.24, 2.45) is 0 Å². The molecule has 0 aliphatic carbocycles. The second-order valence-electron chi connectivity index (χ2n) is 4.85. The van der Waals surface area contributed by atoms with E-state index in [1.165, 1.54) is 38.9 Å². The number of β-amino-alcohol motifs (C(OH)–C–C–N with tert-alkyl or cyclic N) is 1. The minimum Gasteiger partial charge on any atom is -0.392 e. The van der Waals surface area contributed by atoms with Gasteiger partial charge in [0.1, 0.15) is 0 Å².